The predicted molar refractivity (Wildman–Crippen MR) is 68.8 cm³/mol. The van der Waals surface area contributed by atoms with E-state index in [9.17, 15) is 10.2 Å². The molecule has 0 amide bonds. The Kier molecular flexibility index (Phi) is 5.77. The van der Waals surface area contributed by atoms with Gasteiger partial charge in [-0.3, -0.25) is 0 Å². The standard InChI is InChI=1S/C13H23ClO3/c1-3-4-5-6-7-8-13(16)12(14)9-11(15)10(2)17-13/h11-12,15-16H,2-9H2,1H3. The number of ether oxygens (including phenoxy) is 1. The molecule has 2 N–H and O–H groups in total. The highest BCUT2D eigenvalue weighted by Crippen LogP contribution is 2.36. The fourth-order valence-corrected chi connectivity index (χ4v) is 2.38. The van der Waals surface area contributed by atoms with Crippen molar-refractivity contribution >= 4 is 11.6 Å². The fraction of sp³-hybridized carbons (Fsp3) is 0.846. The SMILES string of the molecule is C=C1OC(O)(CCCCCCC)C(Cl)CC1O. The van der Waals surface area contributed by atoms with E-state index < -0.39 is 17.3 Å². The minimum Gasteiger partial charge on any atom is -0.463 e. The molecule has 4 heteroatoms. The van der Waals surface area contributed by atoms with Gasteiger partial charge in [0.1, 0.15) is 17.2 Å². The van der Waals surface area contributed by atoms with Gasteiger partial charge in [0.15, 0.2) is 0 Å². The summed E-state index contributed by atoms with van der Waals surface area (Å²) in [5.74, 6) is -1.14. The van der Waals surface area contributed by atoms with Crippen molar-refractivity contribution in [1.29, 1.82) is 0 Å². The van der Waals surface area contributed by atoms with E-state index in [1.165, 1.54) is 19.3 Å². The average Bonchev–Trinajstić information content (AvgIpc) is 2.26. The molecule has 0 radical (unpaired) electrons. The zero-order chi connectivity index (χ0) is 12.9. The number of hydrogen-bond acceptors (Lipinski definition) is 3. The van der Waals surface area contributed by atoms with Gasteiger partial charge in [-0.05, 0) is 6.42 Å². The summed E-state index contributed by atoms with van der Waals surface area (Å²) in [6.45, 7) is 5.76. The summed E-state index contributed by atoms with van der Waals surface area (Å²) >= 11 is 6.05. The number of hydrogen-bond donors (Lipinski definition) is 2. The molecule has 1 fully saturated rings. The molecule has 1 rings (SSSR count). The molecule has 3 atom stereocenters. The maximum Gasteiger partial charge on any atom is 0.224 e. The van der Waals surface area contributed by atoms with Gasteiger partial charge in [-0.25, -0.2) is 0 Å². The quantitative estimate of drug-likeness (QED) is 0.572. The predicted octanol–water partition coefficient (Wildman–Crippen LogP) is 2.94. The highest BCUT2D eigenvalue weighted by atomic mass is 35.5. The minimum atomic E-state index is -1.36. The third-order valence-corrected chi connectivity index (χ3v) is 3.76. The van der Waals surface area contributed by atoms with Gasteiger partial charge >= 0.3 is 0 Å². The lowest BCUT2D eigenvalue weighted by molar-refractivity contribution is -0.213. The molecular formula is C13H23ClO3. The van der Waals surface area contributed by atoms with E-state index in [0.29, 0.717) is 12.8 Å². The van der Waals surface area contributed by atoms with Gasteiger partial charge in [-0.2, -0.15) is 0 Å². The lowest BCUT2D eigenvalue weighted by atomic mass is 9.96. The Bertz CT molecular complexity index is 257. The summed E-state index contributed by atoms with van der Waals surface area (Å²) in [5, 5.41) is 19.2. The van der Waals surface area contributed by atoms with Crippen LogP contribution in [0.2, 0.25) is 0 Å². The van der Waals surface area contributed by atoms with Crippen LogP contribution in [0.5, 0.6) is 0 Å². The molecule has 0 saturated carbocycles. The maximum atomic E-state index is 10.3. The number of aliphatic hydroxyl groups excluding tert-OH is 1. The summed E-state index contributed by atoms with van der Waals surface area (Å²) in [7, 11) is 0. The van der Waals surface area contributed by atoms with Gasteiger partial charge in [0.25, 0.3) is 0 Å². The smallest absolute Gasteiger partial charge is 0.224 e. The lowest BCUT2D eigenvalue weighted by Crippen LogP contribution is -2.48. The molecule has 0 aromatic rings. The van der Waals surface area contributed by atoms with E-state index >= 15 is 0 Å². The minimum absolute atomic E-state index is 0.220. The first-order valence-electron chi connectivity index (χ1n) is 6.42. The zero-order valence-electron chi connectivity index (χ0n) is 10.5. The van der Waals surface area contributed by atoms with Crippen LogP contribution in [0.3, 0.4) is 0 Å². The Balaban J connectivity index is 2.36. The maximum absolute atomic E-state index is 10.3. The second kappa shape index (κ2) is 6.62. The van der Waals surface area contributed by atoms with E-state index in [-0.39, 0.29) is 5.76 Å². The largest absolute Gasteiger partial charge is 0.463 e. The number of aliphatic hydroxyl groups is 2. The van der Waals surface area contributed by atoms with E-state index in [0.717, 1.165) is 12.8 Å². The Morgan fingerprint density at radius 2 is 2.06 bits per heavy atom. The van der Waals surface area contributed by atoms with Gasteiger partial charge in [0, 0.05) is 12.8 Å². The number of alkyl halides is 1. The first-order valence-corrected chi connectivity index (χ1v) is 6.85. The summed E-state index contributed by atoms with van der Waals surface area (Å²) in [6, 6.07) is 0. The molecule has 3 nitrogen and oxygen atoms in total. The van der Waals surface area contributed by atoms with Crippen molar-refractivity contribution in [2.75, 3.05) is 0 Å². The monoisotopic (exact) mass is 262 g/mol. The van der Waals surface area contributed by atoms with Gasteiger partial charge in [-0.1, -0.05) is 39.2 Å². The number of rotatable bonds is 6. The molecule has 0 bridgehead atoms. The van der Waals surface area contributed by atoms with E-state index in [1.54, 1.807) is 0 Å². The Morgan fingerprint density at radius 3 is 2.71 bits per heavy atom. The average molecular weight is 263 g/mol. The van der Waals surface area contributed by atoms with Crippen molar-refractivity contribution in [2.45, 2.75) is 69.1 Å². The molecule has 0 spiro atoms. The Labute approximate surface area is 108 Å². The van der Waals surface area contributed by atoms with Crippen LogP contribution in [0, 0.1) is 0 Å². The molecule has 3 unspecified atom stereocenters. The second-order valence-electron chi connectivity index (χ2n) is 4.80. The normalized spacial score (nSPS) is 33.5. The number of unbranched alkanes of at least 4 members (excludes halogenated alkanes) is 4. The van der Waals surface area contributed by atoms with E-state index in [1.807, 2.05) is 0 Å². The highest BCUT2D eigenvalue weighted by molar-refractivity contribution is 6.21. The van der Waals surface area contributed by atoms with Gasteiger partial charge < -0.3 is 14.9 Å². The second-order valence-corrected chi connectivity index (χ2v) is 5.32. The fourth-order valence-electron chi connectivity index (χ4n) is 2.06. The molecule has 1 aliphatic heterocycles. The highest BCUT2D eigenvalue weighted by Gasteiger charge is 2.44. The lowest BCUT2D eigenvalue weighted by Gasteiger charge is -2.40. The van der Waals surface area contributed by atoms with Crippen LogP contribution < -0.4 is 0 Å². The molecule has 0 aromatic heterocycles. The first kappa shape index (κ1) is 14.8. The van der Waals surface area contributed by atoms with Crippen molar-refractivity contribution in [1.82, 2.24) is 0 Å². The van der Waals surface area contributed by atoms with Crippen molar-refractivity contribution in [3.63, 3.8) is 0 Å². The van der Waals surface area contributed by atoms with Gasteiger partial charge in [0.05, 0.1) is 0 Å². The zero-order valence-corrected chi connectivity index (χ0v) is 11.2. The molecule has 17 heavy (non-hydrogen) atoms. The first-order chi connectivity index (χ1) is 7.99. The van der Waals surface area contributed by atoms with Gasteiger partial charge in [0.2, 0.25) is 5.79 Å². The van der Waals surface area contributed by atoms with Crippen LogP contribution in [0.25, 0.3) is 0 Å². The third-order valence-electron chi connectivity index (χ3n) is 3.24. The van der Waals surface area contributed by atoms with Crippen molar-refractivity contribution in [3.8, 4) is 0 Å². The summed E-state index contributed by atoms with van der Waals surface area (Å²) in [4.78, 5) is 0. The Hall–Kier alpha value is -0.250. The molecule has 0 aliphatic carbocycles. The summed E-state index contributed by atoms with van der Waals surface area (Å²) in [6.07, 6.45) is 5.56. The van der Waals surface area contributed by atoms with Crippen LogP contribution in [0.4, 0.5) is 0 Å². The van der Waals surface area contributed by atoms with Crippen molar-refractivity contribution < 1.29 is 14.9 Å². The molecular weight excluding hydrogens is 240 g/mol. The van der Waals surface area contributed by atoms with Crippen molar-refractivity contribution in [2.24, 2.45) is 0 Å². The van der Waals surface area contributed by atoms with E-state index in [4.69, 9.17) is 16.3 Å². The summed E-state index contributed by atoms with van der Waals surface area (Å²) in [5.41, 5.74) is 0. The van der Waals surface area contributed by atoms with Crippen LogP contribution >= 0.6 is 11.6 Å². The van der Waals surface area contributed by atoms with E-state index in [2.05, 4.69) is 13.5 Å². The van der Waals surface area contributed by atoms with Crippen molar-refractivity contribution in [3.05, 3.63) is 12.3 Å². The van der Waals surface area contributed by atoms with Crippen LogP contribution in [-0.2, 0) is 4.74 Å². The Morgan fingerprint density at radius 1 is 1.41 bits per heavy atom. The number of halogens is 1. The van der Waals surface area contributed by atoms with Gasteiger partial charge in [-0.15, -0.1) is 11.6 Å². The third kappa shape index (κ3) is 4.16. The molecule has 1 heterocycles. The molecule has 1 saturated heterocycles. The summed E-state index contributed by atoms with van der Waals surface area (Å²) < 4.78 is 5.28. The van der Waals surface area contributed by atoms with Crippen LogP contribution in [0.15, 0.2) is 12.3 Å². The molecule has 100 valence electrons. The van der Waals surface area contributed by atoms with Crippen LogP contribution in [0.1, 0.15) is 51.9 Å². The topological polar surface area (TPSA) is 49.7 Å². The van der Waals surface area contributed by atoms with Crippen LogP contribution in [-0.4, -0.2) is 27.5 Å². The molecule has 1 aliphatic rings. The molecule has 0 aromatic carbocycles.